The van der Waals surface area contributed by atoms with E-state index >= 15 is 0 Å². The number of halogens is 2. The number of nitrogens with zero attached hydrogens (tertiary/aromatic N) is 3. The number of fused-ring (bicyclic) bond motifs is 1. The van der Waals surface area contributed by atoms with Gasteiger partial charge in [0.15, 0.2) is 5.60 Å². The number of amides is 1. The fourth-order valence-corrected chi connectivity index (χ4v) is 3.99. The van der Waals surface area contributed by atoms with Crippen LogP contribution in [0, 0.1) is 5.82 Å². The second-order valence-corrected chi connectivity index (χ2v) is 8.17. The van der Waals surface area contributed by atoms with E-state index in [-0.39, 0.29) is 5.69 Å². The number of hydrogen-bond donors (Lipinski definition) is 2. The number of carbonyl (C=O) groups excluding carboxylic acids is 1. The van der Waals surface area contributed by atoms with Crippen LogP contribution >= 0.6 is 15.9 Å². The molecule has 1 spiro atoms. The van der Waals surface area contributed by atoms with Gasteiger partial charge in [-0.3, -0.25) is 4.90 Å². The van der Waals surface area contributed by atoms with Gasteiger partial charge in [-0.25, -0.2) is 19.2 Å². The van der Waals surface area contributed by atoms with Gasteiger partial charge in [0.25, 0.3) is 0 Å². The van der Waals surface area contributed by atoms with Crippen molar-refractivity contribution in [1.29, 1.82) is 0 Å². The minimum Gasteiger partial charge on any atom is -0.494 e. The number of hydrogen-bond acceptors (Lipinski definition) is 7. The van der Waals surface area contributed by atoms with Crippen LogP contribution in [0.1, 0.15) is 0 Å². The molecule has 30 heavy (non-hydrogen) atoms. The lowest BCUT2D eigenvalue weighted by Crippen LogP contribution is -2.61. The molecule has 0 bridgehead atoms. The Bertz CT molecular complexity index is 1170. The minimum absolute atomic E-state index is 0.274. The number of methoxy groups -OCH3 is 1. The number of nitrogens with one attached hydrogen (secondary N) is 2. The van der Waals surface area contributed by atoms with Crippen LogP contribution in [0.25, 0.3) is 10.9 Å². The first-order valence-corrected chi connectivity index (χ1v) is 10.0. The number of ether oxygens (including phenoxy) is 2. The first kappa shape index (κ1) is 19.0. The van der Waals surface area contributed by atoms with E-state index in [1.807, 2.05) is 0 Å². The summed E-state index contributed by atoms with van der Waals surface area (Å²) in [5.41, 5.74) is 0.910. The molecule has 2 N–H and O–H groups in total. The molecule has 154 valence electrons. The summed E-state index contributed by atoms with van der Waals surface area (Å²) in [6, 6.07) is 8.21. The molecule has 10 heteroatoms. The van der Waals surface area contributed by atoms with Crippen molar-refractivity contribution in [3.63, 3.8) is 0 Å². The molecule has 3 aromatic rings. The lowest BCUT2D eigenvalue weighted by molar-refractivity contribution is 0.0142. The van der Waals surface area contributed by atoms with E-state index in [1.165, 1.54) is 19.5 Å². The molecule has 0 atom stereocenters. The first-order valence-electron chi connectivity index (χ1n) is 9.24. The third-order valence-electron chi connectivity index (χ3n) is 5.28. The molecule has 5 rings (SSSR count). The molecule has 0 unspecified atom stereocenters. The predicted octanol–water partition coefficient (Wildman–Crippen LogP) is 3.58. The molecule has 0 radical (unpaired) electrons. The summed E-state index contributed by atoms with van der Waals surface area (Å²) >= 11 is 3.25. The van der Waals surface area contributed by atoms with Gasteiger partial charge in [0, 0.05) is 29.0 Å². The maximum absolute atomic E-state index is 14.3. The van der Waals surface area contributed by atoms with Gasteiger partial charge in [0.2, 0.25) is 0 Å². The highest BCUT2D eigenvalue weighted by Gasteiger charge is 2.50. The van der Waals surface area contributed by atoms with Gasteiger partial charge < -0.3 is 20.1 Å². The van der Waals surface area contributed by atoms with Crippen molar-refractivity contribution in [2.24, 2.45) is 0 Å². The van der Waals surface area contributed by atoms with Crippen molar-refractivity contribution < 1.29 is 18.7 Å². The Morgan fingerprint density at radius 2 is 2.13 bits per heavy atom. The summed E-state index contributed by atoms with van der Waals surface area (Å²) in [4.78, 5) is 22.7. The Morgan fingerprint density at radius 1 is 1.30 bits per heavy atom. The summed E-state index contributed by atoms with van der Waals surface area (Å²) in [7, 11) is 1.53. The fraction of sp³-hybridized carbons (Fsp3) is 0.250. The van der Waals surface area contributed by atoms with Gasteiger partial charge in [-0.2, -0.15) is 0 Å². The highest BCUT2D eigenvalue weighted by atomic mass is 79.9. The summed E-state index contributed by atoms with van der Waals surface area (Å²) in [5.74, 6) is 0.480. The first-order chi connectivity index (χ1) is 14.5. The Labute approximate surface area is 179 Å². The molecule has 3 heterocycles. The summed E-state index contributed by atoms with van der Waals surface area (Å²) in [5, 5.41) is 6.77. The summed E-state index contributed by atoms with van der Waals surface area (Å²) in [6.45, 7) is 1.65. The van der Waals surface area contributed by atoms with Crippen molar-refractivity contribution in [2.45, 2.75) is 5.60 Å². The third-order valence-corrected chi connectivity index (χ3v) is 5.77. The molecular formula is C20H17BrFN5O3. The van der Waals surface area contributed by atoms with Gasteiger partial charge >= 0.3 is 6.09 Å². The number of aromatic nitrogens is 2. The number of carbonyl (C=O) groups is 1. The Hall–Kier alpha value is -2.98. The van der Waals surface area contributed by atoms with Crippen LogP contribution in [0.2, 0.25) is 0 Å². The molecule has 2 aliphatic heterocycles. The maximum Gasteiger partial charge on any atom is 0.415 e. The molecule has 0 saturated carbocycles. The van der Waals surface area contributed by atoms with Gasteiger partial charge in [0.05, 0.1) is 30.5 Å². The van der Waals surface area contributed by atoms with E-state index in [4.69, 9.17) is 9.47 Å². The van der Waals surface area contributed by atoms with E-state index in [9.17, 15) is 9.18 Å². The molecule has 2 fully saturated rings. The Balaban J connectivity index is 1.58. The van der Waals surface area contributed by atoms with E-state index in [0.29, 0.717) is 52.3 Å². The largest absolute Gasteiger partial charge is 0.494 e. The van der Waals surface area contributed by atoms with E-state index in [2.05, 4.69) is 36.5 Å². The molecule has 2 saturated heterocycles. The molecule has 8 nitrogen and oxygen atoms in total. The normalized spacial score (nSPS) is 17.2. The van der Waals surface area contributed by atoms with Gasteiger partial charge in [0.1, 0.15) is 23.7 Å². The zero-order chi connectivity index (χ0) is 20.9. The molecule has 0 aliphatic carbocycles. The zero-order valence-electron chi connectivity index (χ0n) is 15.9. The lowest BCUT2D eigenvalue weighted by atomic mass is 9.97. The molecule has 1 aromatic heterocycles. The van der Waals surface area contributed by atoms with Crippen LogP contribution in [0.3, 0.4) is 0 Å². The van der Waals surface area contributed by atoms with Gasteiger partial charge in [-0.15, -0.1) is 0 Å². The average Bonchev–Trinajstić information content (AvgIpc) is 3.07. The van der Waals surface area contributed by atoms with E-state index < -0.39 is 17.5 Å². The number of anilines is 3. The minimum atomic E-state index is -0.508. The van der Waals surface area contributed by atoms with Crippen LogP contribution < -0.4 is 20.3 Å². The van der Waals surface area contributed by atoms with Crippen molar-refractivity contribution in [3.8, 4) is 5.75 Å². The third kappa shape index (κ3) is 3.12. The second-order valence-electron chi connectivity index (χ2n) is 7.25. The molecule has 1 amide bonds. The van der Waals surface area contributed by atoms with Gasteiger partial charge in [-0.05, 0) is 24.3 Å². The van der Waals surface area contributed by atoms with Crippen LogP contribution in [-0.2, 0) is 4.74 Å². The maximum atomic E-state index is 14.3. The van der Waals surface area contributed by atoms with Crippen molar-refractivity contribution >= 4 is 50.1 Å². The van der Waals surface area contributed by atoms with Gasteiger partial charge in [-0.1, -0.05) is 15.9 Å². The number of benzene rings is 2. The second kappa shape index (κ2) is 7.06. The van der Waals surface area contributed by atoms with Crippen LogP contribution in [0.4, 0.5) is 26.4 Å². The van der Waals surface area contributed by atoms with Crippen molar-refractivity contribution in [2.75, 3.05) is 37.0 Å². The van der Waals surface area contributed by atoms with Crippen molar-refractivity contribution in [1.82, 2.24) is 15.3 Å². The Morgan fingerprint density at radius 3 is 2.80 bits per heavy atom. The highest BCUT2D eigenvalue weighted by molar-refractivity contribution is 9.10. The van der Waals surface area contributed by atoms with Crippen LogP contribution in [-0.4, -0.2) is 48.4 Å². The molecular weight excluding hydrogens is 457 g/mol. The predicted molar refractivity (Wildman–Crippen MR) is 113 cm³/mol. The SMILES string of the molecule is COc1cc2ncnc(Nc3ccc(Br)cc3F)c2cc1N1CC2(CNC2)OC1=O. The van der Waals surface area contributed by atoms with Crippen LogP contribution in [0.5, 0.6) is 5.75 Å². The Kier molecular flexibility index (Phi) is 4.48. The van der Waals surface area contributed by atoms with E-state index in [0.717, 1.165) is 0 Å². The monoisotopic (exact) mass is 473 g/mol. The number of rotatable bonds is 4. The average molecular weight is 474 g/mol. The van der Waals surface area contributed by atoms with E-state index in [1.54, 1.807) is 29.2 Å². The quantitative estimate of drug-likeness (QED) is 0.598. The highest BCUT2D eigenvalue weighted by Crippen LogP contribution is 2.39. The summed E-state index contributed by atoms with van der Waals surface area (Å²) < 4.78 is 26.1. The standard InChI is InChI=1S/C20H17BrFN5O3/c1-29-17-6-15-12(5-16(17)27-9-20(7-23-8-20)30-19(27)28)18(25-10-24-15)26-14-3-2-11(21)4-13(14)22/h2-6,10,23H,7-9H2,1H3,(H,24,25,26). The zero-order valence-corrected chi connectivity index (χ0v) is 17.5. The summed E-state index contributed by atoms with van der Waals surface area (Å²) in [6.07, 6.45) is 0.958. The molecule has 2 aliphatic rings. The molecule has 2 aromatic carbocycles. The smallest absolute Gasteiger partial charge is 0.415 e. The van der Waals surface area contributed by atoms with Crippen LogP contribution in [0.15, 0.2) is 41.1 Å². The van der Waals surface area contributed by atoms with Crippen molar-refractivity contribution in [3.05, 3.63) is 46.9 Å². The fourth-order valence-electron chi connectivity index (χ4n) is 3.66. The topological polar surface area (TPSA) is 88.6 Å². The lowest BCUT2D eigenvalue weighted by Gasteiger charge is -2.36.